The maximum absolute atomic E-state index is 13.7. The Kier molecular flexibility index (Phi) is 9.65. The fourth-order valence-electron chi connectivity index (χ4n) is 7.39. The first-order valence-electron chi connectivity index (χ1n) is 15.9. The van der Waals surface area contributed by atoms with Crippen LogP contribution in [-0.4, -0.2) is 108 Å². The lowest BCUT2D eigenvalue weighted by Gasteiger charge is -2.44. The second kappa shape index (κ2) is 13.3. The predicted molar refractivity (Wildman–Crippen MR) is 168 cm³/mol. The Morgan fingerprint density at radius 1 is 0.750 bits per heavy atom. The summed E-state index contributed by atoms with van der Waals surface area (Å²) in [6.07, 6.45) is 6.71. The van der Waals surface area contributed by atoms with Gasteiger partial charge in [0.15, 0.2) is 11.6 Å². The van der Waals surface area contributed by atoms with Crippen LogP contribution in [0, 0.1) is 0 Å². The number of rotatable bonds is 10. The quantitative estimate of drug-likeness (QED) is 0.262. The molecule has 2 aliphatic heterocycles. The van der Waals surface area contributed by atoms with Crippen LogP contribution in [0.1, 0.15) is 83.2 Å². The van der Waals surface area contributed by atoms with E-state index in [1.54, 1.807) is 36.4 Å². The van der Waals surface area contributed by atoms with E-state index in [1.165, 1.54) is 0 Å². The van der Waals surface area contributed by atoms with Gasteiger partial charge < -0.3 is 29.8 Å². The van der Waals surface area contributed by atoms with Gasteiger partial charge in [-0.25, -0.2) is 0 Å². The Morgan fingerprint density at radius 3 is 1.93 bits per heavy atom. The van der Waals surface area contributed by atoms with Crippen LogP contribution in [0.3, 0.4) is 0 Å². The molecule has 2 heterocycles. The topological polar surface area (TPSA) is 133 Å². The fourth-order valence-corrected chi connectivity index (χ4v) is 7.39. The molecule has 0 saturated carbocycles. The highest BCUT2D eigenvalue weighted by molar-refractivity contribution is 6.30. The number of hydrogen-bond donors (Lipinski definition) is 4. The summed E-state index contributed by atoms with van der Waals surface area (Å²) in [5, 5.41) is 25.4. The van der Waals surface area contributed by atoms with Crippen LogP contribution in [0.2, 0.25) is 0 Å². The Morgan fingerprint density at radius 2 is 1.34 bits per heavy atom. The van der Waals surface area contributed by atoms with Crippen LogP contribution in [0.25, 0.3) is 0 Å². The summed E-state index contributed by atoms with van der Waals surface area (Å²) in [5.74, 6) is -1.11. The molecule has 2 fully saturated rings. The van der Waals surface area contributed by atoms with Gasteiger partial charge in [-0.1, -0.05) is 12.1 Å². The number of nitrogens with zero attached hydrogens (tertiary/aromatic N) is 2. The van der Waals surface area contributed by atoms with E-state index in [0.717, 1.165) is 51.6 Å². The van der Waals surface area contributed by atoms with Gasteiger partial charge in [-0.05, 0) is 49.9 Å². The number of hydrogen-bond acceptors (Lipinski definition) is 6. The number of nitrogens with one attached hydrogen (secondary N) is 2. The van der Waals surface area contributed by atoms with Crippen molar-refractivity contribution >= 4 is 34.8 Å². The van der Waals surface area contributed by atoms with Gasteiger partial charge in [0.2, 0.25) is 11.8 Å². The summed E-state index contributed by atoms with van der Waals surface area (Å²) in [4.78, 5) is 53.1. The van der Waals surface area contributed by atoms with E-state index < -0.39 is 0 Å². The molecular formula is C34H46N4O6+2. The SMILES string of the molecule is C[N+]1(CCC(=O)Nc2ccc3c(c2)C(=O)c2cccc(NC(=O)CC[N+]4(C)CCCCC4CO)c2C3=O)CCCCC1CO. The number of likely N-dealkylation sites (N-methyl/N-ethyl adjacent to an activating group) is 2. The predicted octanol–water partition coefficient (Wildman–Crippen LogP) is 3.10. The number of aliphatic hydroxyl groups is 2. The van der Waals surface area contributed by atoms with E-state index in [4.69, 9.17) is 0 Å². The molecule has 0 radical (unpaired) electrons. The van der Waals surface area contributed by atoms with Crippen molar-refractivity contribution in [2.24, 2.45) is 0 Å². The Bertz CT molecular complexity index is 1440. The molecule has 236 valence electrons. The Hall–Kier alpha value is -3.44. The van der Waals surface area contributed by atoms with Crippen molar-refractivity contribution in [2.45, 2.75) is 63.5 Å². The van der Waals surface area contributed by atoms with Crippen LogP contribution in [0.5, 0.6) is 0 Å². The van der Waals surface area contributed by atoms with Gasteiger partial charge in [0.05, 0.1) is 77.6 Å². The lowest BCUT2D eigenvalue weighted by Crippen LogP contribution is -2.57. The number of quaternary nitrogens is 2. The van der Waals surface area contributed by atoms with Gasteiger partial charge >= 0.3 is 0 Å². The van der Waals surface area contributed by atoms with Crippen LogP contribution < -0.4 is 10.6 Å². The van der Waals surface area contributed by atoms with Gasteiger partial charge in [-0.3, -0.25) is 19.2 Å². The molecule has 44 heavy (non-hydrogen) atoms. The number of fused-ring (bicyclic) bond motifs is 2. The average Bonchev–Trinajstić information content (AvgIpc) is 3.02. The number of amides is 2. The Balaban J connectivity index is 1.26. The first-order valence-corrected chi connectivity index (χ1v) is 15.9. The zero-order chi connectivity index (χ0) is 31.5. The summed E-state index contributed by atoms with van der Waals surface area (Å²) in [5.41, 5.74) is 1.60. The standard InChI is InChI=1S/C34H44N4O6/c1-37(16-5-3-8-24(37)21-39)18-14-30(41)35-23-12-13-26-28(20-23)33(43)27-10-7-11-29(32(27)34(26)44)36-31(42)15-19-38(2)17-6-4-9-25(38)22-40/h7,10-13,20,24-25,39-40H,3-6,8-9,14-19,21-22H2,1-2H3/p+2. The monoisotopic (exact) mass is 606 g/mol. The summed E-state index contributed by atoms with van der Waals surface area (Å²) in [6, 6.07) is 9.87. The smallest absolute Gasteiger partial charge is 0.230 e. The molecule has 4 unspecified atom stereocenters. The summed E-state index contributed by atoms with van der Waals surface area (Å²) >= 11 is 0. The second-order valence-corrected chi connectivity index (χ2v) is 13.3. The van der Waals surface area contributed by atoms with E-state index in [1.807, 2.05) is 0 Å². The molecule has 5 rings (SSSR count). The lowest BCUT2D eigenvalue weighted by atomic mass is 9.83. The van der Waals surface area contributed by atoms with Crippen molar-refractivity contribution in [2.75, 3.05) is 64.1 Å². The zero-order valence-electron chi connectivity index (χ0n) is 25.9. The second-order valence-electron chi connectivity index (χ2n) is 13.3. The molecule has 0 spiro atoms. The summed E-state index contributed by atoms with van der Waals surface area (Å²) < 4.78 is 1.31. The average molecular weight is 607 g/mol. The fraction of sp³-hybridized carbons (Fsp3) is 0.529. The summed E-state index contributed by atoms with van der Waals surface area (Å²) in [6.45, 7) is 3.23. The van der Waals surface area contributed by atoms with Crippen molar-refractivity contribution in [1.29, 1.82) is 0 Å². The largest absolute Gasteiger partial charge is 0.390 e. The minimum Gasteiger partial charge on any atom is -0.390 e. The van der Waals surface area contributed by atoms with Crippen LogP contribution in [0.4, 0.5) is 11.4 Å². The normalized spacial score (nSPS) is 26.5. The van der Waals surface area contributed by atoms with Crippen molar-refractivity contribution in [3.63, 3.8) is 0 Å². The molecule has 1 aliphatic carbocycles. The number of piperidine rings is 2. The number of benzene rings is 2. The van der Waals surface area contributed by atoms with Gasteiger partial charge in [-0.2, -0.15) is 0 Å². The molecule has 0 aromatic heterocycles. The molecule has 4 N–H and O–H groups in total. The molecular weight excluding hydrogens is 560 g/mol. The van der Waals surface area contributed by atoms with E-state index >= 15 is 0 Å². The van der Waals surface area contributed by atoms with Crippen LogP contribution >= 0.6 is 0 Å². The first kappa shape index (κ1) is 32.0. The lowest BCUT2D eigenvalue weighted by molar-refractivity contribution is -0.938. The zero-order valence-corrected chi connectivity index (χ0v) is 25.9. The first-order chi connectivity index (χ1) is 21.1. The van der Waals surface area contributed by atoms with Crippen LogP contribution in [-0.2, 0) is 9.59 Å². The molecule has 10 heteroatoms. The molecule has 2 saturated heterocycles. The number of aliphatic hydroxyl groups excluding tert-OH is 2. The number of likely N-dealkylation sites (tertiary alicyclic amines) is 2. The molecule has 3 aliphatic rings. The highest BCUT2D eigenvalue weighted by Gasteiger charge is 2.37. The van der Waals surface area contributed by atoms with Crippen molar-refractivity contribution < 1.29 is 38.4 Å². The third-order valence-corrected chi connectivity index (χ3v) is 10.4. The Labute approximate surface area is 259 Å². The van der Waals surface area contributed by atoms with E-state index in [9.17, 15) is 29.4 Å². The molecule has 10 nitrogen and oxygen atoms in total. The third kappa shape index (κ3) is 6.49. The number of anilines is 2. The van der Waals surface area contributed by atoms with E-state index in [0.29, 0.717) is 33.4 Å². The number of ketones is 2. The third-order valence-electron chi connectivity index (χ3n) is 10.4. The molecule has 4 atom stereocenters. The van der Waals surface area contributed by atoms with E-state index in [2.05, 4.69) is 24.7 Å². The van der Waals surface area contributed by atoms with Crippen molar-refractivity contribution in [3.8, 4) is 0 Å². The van der Waals surface area contributed by atoms with Gasteiger partial charge in [0.1, 0.15) is 12.1 Å². The highest BCUT2D eigenvalue weighted by Crippen LogP contribution is 2.34. The van der Waals surface area contributed by atoms with E-state index in [-0.39, 0.29) is 83.8 Å². The molecule has 0 bridgehead atoms. The minimum atomic E-state index is -0.351. The minimum absolute atomic E-state index is 0.0928. The highest BCUT2D eigenvalue weighted by atomic mass is 16.3. The van der Waals surface area contributed by atoms with Crippen molar-refractivity contribution in [3.05, 3.63) is 58.7 Å². The number of carbonyl (C=O) groups excluding carboxylic acids is 4. The molecule has 2 aromatic carbocycles. The molecule has 2 aromatic rings. The summed E-state index contributed by atoms with van der Waals surface area (Å²) in [7, 11) is 4.17. The van der Waals surface area contributed by atoms with Gasteiger partial charge in [0, 0.05) is 35.2 Å². The van der Waals surface area contributed by atoms with Gasteiger partial charge in [0.25, 0.3) is 0 Å². The van der Waals surface area contributed by atoms with Crippen molar-refractivity contribution in [1.82, 2.24) is 0 Å². The number of carbonyl (C=O) groups is 4. The maximum atomic E-state index is 13.7. The van der Waals surface area contributed by atoms with Gasteiger partial charge in [-0.15, -0.1) is 0 Å². The molecule has 2 amide bonds. The van der Waals surface area contributed by atoms with Crippen LogP contribution in [0.15, 0.2) is 36.4 Å². The maximum Gasteiger partial charge on any atom is 0.230 e.